The lowest BCUT2D eigenvalue weighted by molar-refractivity contribution is -0.335. The molecule has 2 aromatic rings. The summed E-state index contributed by atoms with van der Waals surface area (Å²) in [6.07, 6.45) is -0.336. The lowest BCUT2D eigenvalue weighted by Gasteiger charge is -2.26. The van der Waals surface area contributed by atoms with Crippen LogP contribution in [0.2, 0.25) is 0 Å². The van der Waals surface area contributed by atoms with Gasteiger partial charge < -0.3 is 34.0 Å². The maximum Gasteiger partial charge on any atom is 0.406 e. The number of hydrogen-bond acceptors (Lipinski definition) is 9. The summed E-state index contributed by atoms with van der Waals surface area (Å²) in [5.41, 5.74) is 0.152. The third-order valence-electron chi connectivity index (χ3n) is 4.58. The van der Waals surface area contributed by atoms with Crippen LogP contribution in [0.25, 0.3) is 11.2 Å². The molecule has 0 aromatic carbocycles. The number of carbonyl (C=O) groups is 1. The van der Waals surface area contributed by atoms with Gasteiger partial charge in [0.25, 0.3) is 11.5 Å². The van der Waals surface area contributed by atoms with Crippen molar-refractivity contribution in [3.05, 3.63) is 23.0 Å². The molecule has 2 N–H and O–H groups in total. The summed E-state index contributed by atoms with van der Waals surface area (Å²) in [5.74, 6) is -1.27. The van der Waals surface area contributed by atoms with E-state index in [-0.39, 0.29) is 17.7 Å². The molecule has 4 heterocycles. The number of imidazole rings is 1. The van der Waals surface area contributed by atoms with Crippen molar-refractivity contribution >= 4 is 17.3 Å². The van der Waals surface area contributed by atoms with Crippen molar-refractivity contribution in [2.45, 2.75) is 37.4 Å². The maximum absolute atomic E-state index is 11.9. The highest BCUT2D eigenvalue weighted by molar-refractivity contribution is 5.69. The minimum atomic E-state index is -1.27. The summed E-state index contributed by atoms with van der Waals surface area (Å²) in [5, 5.41) is 2.37. The number of alkyl carbamates (subject to hydrolysis) is 1. The van der Waals surface area contributed by atoms with Gasteiger partial charge in [0.2, 0.25) is 0 Å². The zero-order valence-corrected chi connectivity index (χ0v) is 14.9. The second-order valence-corrected chi connectivity index (χ2v) is 6.20. The van der Waals surface area contributed by atoms with Crippen LogP contribution in [0.5, 0.6) is 0 Å². The molecule has 0 bridgehead atoms. The fourth-order valence-corrected chi connectivity index (χ4v) is 3.23. The number of hydrogen-bond donors (Lipinski definition) is 2. The number of nitrogens with zero attached hydrogens (tertiary/aromatic N) is 3. The Labute approximate surface area is 152 Å². The predicted molar refractivity (Wildman–Crippen MR) is 87.6 cm³/mol. The van der Waals surface area contributed by atoms with Crippen LogP contribution in [0.4, 0.5) is 4.79 Å². The van der Waals surface area contributed by atoms with Gasteiger partial charge in [0.05, 0.1) is 12.7 Å². The SMILES string of the molecule is CNC(=O)OC[C@H]1O[C@@H](n2cnc3c(=O)[nH]cnc32)C2OC(C)(OC)OC21. The fourth-order valence-electron chi connectivity index (χ4n) is 3.23. The molecule has 2 aliphatic rings. The molecule has 2 aliphatic heterocycles. The predicted octanol–water partition coefficient (Wildman–Crippen LogP) is -0.523. The van der Waals surface area contributed by atoms with Gasteiger partial charge >= 0.3 is 6.09 Å². The lowest BCUT2D eigenvalue weighted by Crippen LogP contribution is -2.36. The Hall–Kier alpha value is -2.54. The Morgan fingerprint density at radius 1 is 1.41 bits per heavy atom. The second kappa shape index (κ2) is 6.56. The van der Waals surface area contributed by atoms with Crippen LogP contribution in [0.15, 0.2) is 17.4 Å². The van der Waals surface area contributed by atoms with Crippen LogP contribution < -0.4 is 10.9 Å². The lowest BCUT2D eigenvalue weighted by atomic mass is 10.1. The highest BCUT2D eigenvalue weighted by Gasteiger charge is 2.58. The highest BCUT2D eigenvalue weighted by atomic mass is 16.9. The molecule has 2 aromatic heterocycles. The van der Waals surface area contributed by atoms with E-state index in [4.69, 9.17) is 23.7 Å². The van der Waals surface area contributed by atoms with E-state index >= 15 is 0 Å². The summed E-state index contributed by atoms with van der Waals surface area (Å²) in [6.45, 7) is 1.58. The third kappa shape index (κ3) is 2.96. The smallest absolute Gasteiger partial charge is 0.406 e. The largest absolute Gasteiger partial charge is 0.447 e. The maximum atomic E-state index is 11.9. The molecule has 146 valence electrons. The van der Waals surface area contributed by atoms with Crippen LogP contribution >= 0.6 is 0 Å². The number of H-pyrrole nitrogens is 1. The first-order valence-electron chi connectivity index (χ1n) is 8.27. The number of fused-ring (bicyclic) bond motifs is 2. The van der Waals surface area contributed by atoms with Crippen LogP contribution in [0.1, 0.15) is 13.2 Å². The van der Waals surface area contributed by atoms with Gasteiger partial charge in [-0.2, -0.15) is 0 Å². The monoisotopic (exact) mass is 381 g/mol. The molecule has 5 atom stereocenters. The minimum Gasteiger partial charge on any atom is -0.447 e. The van der Waals surface area contributed by atoms with Gasteiger partial charge in [0, 0.05) is 21.1 Å². The van der Waals surface area contributed by atoms with E-state index in [0.29, 0.717) is 5.65 Å². The topological polar surface area (TPSA) is 139 Å². The molecule has 1 amide bonds. The molecule has 27 heavy (non-hydrogen) atoms. The highest BCUT2D eigenvalue weighted by Crippen LogP contribution is 2.44. The van der Waals surface area contributed by atoms with E-state index in [9.17, 15) is 9.59 Å². The van der Waals surface area contributed by atoms with Crippen molar-refractivity contribution in [2.75, 3.05) is 20.8 Å². The number of carbonyl (C=O) groups excluding carboxylic acids is 1. The third-order valence-corrected chi connectivity index (χ3v) is 4.58. The fraction of sp³-hybridized carbons (Fsp3) is 0.600. The van der Waals surface area contributed by atoms with Crippen molar-refractivity contribution < 1.29 is 28.5 Å². The van der Waals surface area contributed by atoms with Crippen molar-refractivity contribution in [1.82, 2.24) is 24.8 Å². The van der Waals surface area contributed by atoms with Gasteiger partial charge in [-0.15, -0.1) is 0 Å². The van der Waals surface area contributed by atoms with Crippen molar-refractivity contribution in [1.29, 1.82) is 0 Å². The Balaban J connectivity index is 1.66. The quantitative estimate of drug-likeness (QED) is 0.716. The molecule has 12 nitrogen and oxygen atoms in total. The van der Waals surface area contributed by atoms with Crippen LogP contribution in [-0.2, 0) is 23.7 Å². The summed E-state index contributed by atoms with van der Waals surface area (Å²) in [4.78, 5) is 34.1. The molecule has 12 heteroatoms. The molecular formula is C15H19N5O7. The molecule has 0 spiro atoms. The molecule has 0 saturated carbocycles. The van der Waals surface area contributed by atoms with E-state index in [0.717, 1.165) is 0 Å². The van der Waals surface area contributed by atoms with Crippen LogP contribution in [-0.4, -0.2) is 70.7 Å². The van der Waals surface area contributed by atoms with Gasteiger partial charge in [-0.05, 0) is 0 Å². The first-order chi connectivity index (χ1) is 13.0. The van der Waals surface area contributed by atoms with Crippen molar-refractivity contribution in [2.24, 2.45) is 0 Å². The molecule has 2 saturated heterocycles. The molecule has 2 fully saturated rings. The molecule has 0 aliphatic carbocycles. The van der Waals surface area contributed by atoms with Crippen LogP contribution in [0, 0.1) is 0 Å². The zero-order chi connectivity index (χ0) is 19.2. The minimum absolute atomic E-state index is 0.0544. The number of aromatic amines is 1. The number of aromatic nitrogens is 4. The Morgan fingerprint density at radius 2 is 2.19 bits per heavy atom. The Morgan fingerprint density at radius 3 is 2.93 bits per heavy atom. The zero-order valence-electron chi connectivity index (χ0n) is 14.9. The van der Waals surface area contributed by atoms with Gasteiger partial charge in [0.1, 0.15) is 24.9 Å². The Kier molecular flexibility index (Phi) is 4.34. The van der Waals surface area contributed by atoms with Crippen molar-refractivity contribution in [3.8, 4) is 0 Å². The molecular weight excluding hydrogens is 362 g/mol. The van der Waals surface area contributed by atoms with Crippen molar-refractivity contribution in [3.63, 3.8) is 0 Å². The second-order valence-electron chi connectivity index (χ2n) is 6.20. The number of ether oxygens (including phenoxy) is 5. The normalized spacial score (nSPS) is 32.6. The molecule has 3 unspecified atom stereocenters. The van der Waals surface area contributed by atoms with E-state index in [1.807, 2.05) is 0 Å². The van der Waals surface area contributed by atoms with Gasteiger partial charge in [0.15, 0.2) is 17.4 Å². The number of amides is 1. The Bertz CT molecular complexity index is 913. The number of nitrogens with one attached hydrogen (secondary N) is 2. The first-order valence-corrected chi connectivity index (χ1v) is 8.27. The summed E-state index contributed by atoms with van der Waals surface area (Å²) < 4.78 is 29.8. The van der Waals surface area contributed by atoms with Crippen LogP contribution in [0.3, 0.4) is 0 Å². The van der Waals surface area contributed by atoms with Gasteiger partial charge in [-0.3, -0.25) is 9.36 Å². The molecule has 4 rings (SSSR count). The standard InChI is InChI=1S/C15H19N5O7/c1-15(23-3)26-9-7(4-24-14(22)16-2)25-13(10(9)27-15)20-6-19-8-11(20)17-5-18-12(8)21/h5-7,9-10,13H,4H2,1-3H3,(H,16,22)(H,17,18,21)/t7-,9?,10?,13-,15?/m1/s1. The van der Waals surface area contributed by atoms with E-state index in [1.54, 1.807) is 11.5 Å². The summed E-state index contributed by atoms with van der Waals surface area (Å²) in [6, 6.07) is 0. The number of methoxy groups -OCH3 is 1. The first kappa shape index (κ1) is 17.9. The average Bonchev–Trinajstić information content (AvgIpc) is 3.32. The van der Waals surface area contributed by atoms with E-state index in [1.165, 1.54) is 26.8 Å². The van der Waals surface area contributed by atoms with E-state index in [2.05, 4.69) is 20.3 Å². The van der Waals surface area contributed by atoms with E-state index < -0.39 is 36.6 Å². The summed E-state index contributed by atoms with van der Waals surface area (Å²) in [7, 11) is 2.92. The van der Waals surface area contributed by atoms with Gasteiger partial charge in [-0.25, -0.2) is 14.8 Å². The summed E-state index contributed by atoms with van der Waals surface area (Å²) >= 11 is 0. The average molecular weight is 381 g/mol. The molecule has 0 radical (unpaired) electrons. The van der Waals surface area contributed by atoms with Gasteiger partial charge in [-0.1, -0.05) is 0 Å². The number of rotatable bonds is 4.